The molecule has 288 valence electrons. The largest absolute Gasteiger partial charge is 0.497 e. The molecule has 0 radical (unpaired) electrons. The second kappa shape index (κ2) is 18.7. The van der Waals surface area contributed by atoms with Crippen molar-refractivity contribution in [3.8, 4) is 5.75 Å². The maximum Gasteiger partial charge on any atom is 0.262 e. The van der Waals surface area contributed by atoms with Crippen LogP contribution in [0.1, 0.15) is 40.7 Å². The first kappa shape index (κ1) is 40.0. The quantitative estimate of drug-likeness (QED) is 0.0580. The molecule has 0 atom stereocenters. The van der Waals surface area contributed by atoms with E-state index in [0.717, 1.165) is 70.4 Å². The van der Waals surface area contributed by atoms with Gasteiger partial charge >= 0.3 is 0 Å². The van der Waals surface area contributed by atoms with Crippen molar-refractivity contribution in [2.75, 3.05) is 26.0 Å². The Labute approximate surface area is 327 Å². The number of carbonyl (C=O) groups excluding carboxylic acids is 3. The molecule has 1 heterocycles. The van der Waals surface area contributed by atoms with Crippen LogP contribution in [0.15, 0.2) is 120 Å². The molecule has 12 heteroatoms. The van der Waals surface area contributed by atoms with Crippen molar-refractivity contribution in [2.24, 2.45) is 0 Å². The SMILES string of the molecule is COc1cccc(CN(CCSc2ccccc2)Cc2ccc(CNC(=O)CCCN3C(=O)C(c4ccc(F)cc4F)=C(c4ccc(F)cc4F)C3=O)cc2)c1. The van der Waals surface area contributed by atoms with Crippen LogP contribution in [0.2, 0.25) is 0 Å². The molecule has 1 N–H and O–H groups in total. The molecule has 0 unspecified atom stereocenters. The van der Waals surface area contributed by atoms with Gasteiger partial charge in [0.05, 0.1) is 18.3 Å². The number of nitrogens with zero attached hydrogens (tertiary/aromatic N) is 2. The van der Waals surface area contributed by atoms with E-state index in [1.165, 1.54) is 4.90 Å². The molecule has 0 saturated heterocycles. The molecule has 1 aliphatic heterocycles. The Bertz CT molecular complexity index is 2160. The lowest BCUT2D eigenvalue weighted by atomic mass is 9.95. The summed E-state index contributed by atoms with van der Waals surface area (Å²) in [4.78, 5) is 44.2. The Hall–Kier alpha value is -5.72. The van der Waals surface area contributed by atoms with Crippen molar-refractivity contribution in [3.05, 3.63) is 166 Å². The average Bonchev–Trinajstić information content (AvgIpc) is 3.42. The molecule has 56 heavy (non-hydrogen) atoms. The zero-order valence-electron chi connectivity index (χ0n) is 30.6. The molecule has 1 aliphatic rings. The smallest absolute Gasteiger partial charge is 0.262 e. The van der Waals surface area contributed by atoms with Gasteiger partial charge in [-0.15, -0.1) is 11.8 Å². The van der Waals surface area contributed by atoms with E-state index in [4.69, 9.17) is 4.74 Å². The van der Waals surface area contributed by atoms with Crippen molar-refractivity contribution in [2.45, 2.75) is 37.4 Å². The second-order valence-electron chi connectivity index (χ2n) is 13.2. The third-order valence-corrected chi connectivity index (χ3v) is 10.2. The first-order valence-electron chi connectivity index (χ1n) is 18.0. The number of hydrogen-bond donors (Lipinski definition) is 1. The lowest BCUT2D eigenvalue weighted by Gasteiger charge is -2.23. The molecule has 0 aromatic heterocycles. The molecule has 6 rings (SSSR count). The van der Waals surface area contributed by atoms with Crippen molar-refractivity contribution in [1.82, 2.24) is 15.1 Å². The number of carbonyl (C=O) groups is 3. The average molecular weight is 782 g/mol. The van der Waals surface area contributed by atoms with Gasteiger partial charge in [0, 0.05) is 73.1 Å². The predicted molar refractivity (Wildman–Crippen MR) is 208 cm³/mol. The summed E-state index contributed by atoms with van der Waals surface area (Å²) in [6.07, 6.45) is 0.0160. The molecule has 3 amide bonds. The maximum absolute atomic E-state index is 14.9. The van der Waals surface area contributed by atoms with E-state index in [2.05, 4.69) is 28.4 Å². The summed E-state index contributed by atoms with van der Waals surface area (Å²) in [6.45, 7) is 2.34. The van der Waals surface area contributed by atoms with Crippen LogP contribution in [-0.4, -0.2) is 53.5 Å². The zero-order valence-corrected chi connectivity index (χ0v) is 31.4. The molecule has 0 aliphatic carbocycles. The number of hydrogen-bond acceptors (Lipinski definition) is 6. The molecular formula is C44H39F4N3O4S. The minimum absolute atomic E-state index is 0.0458. The highest BCUT2D eigenvalue weighted by Crippen LogP contribution is 2.38. The molecule has 5 aromatic carbocycles. The predicted octanol–water partition coefficient (Wildman–Crippen LogP) is 8.42. The van der Waals surface area contributed by atoms with E-state index in [-0.39, 0.29) is 31.8 Å². The molecule has 0 spiro atoms. The van der Waals surface area contributed by atoms with Crippen LogP contribution < -0.4 is 10.1 Å². The number of imide groups is 1. The van der Waals surface area contributed by atoms with Crippen LogP contribution >= 0.6 is 11.8 Å². The lowest BCUT2D eigenvalue weighted by Crippen LogP contribution is -2.33. The second-order valence-corrected chi connectivity index (χ2v) is 14.3. The van der Waals surface area contributed by atoms with Crippen LogP contribution in [0.5, 0.6) is 5.75 Å². The molecular weight excluding hydrogens is 743 g/mol. The van der Waals surface area contributed by atoms with Crippen LogP contribution in [0.3, 0.4) is 0 Å². The summed E-state index contributed by atoms with van der Waals surface area (Å²) in [7, 11) is 1.66. The fourth-order valence-corrected chi connectivity index (χ4v) is 7.36. The van der Waals surface area contributed by atoms with Gasteiger partial charge in [-0.05, 0) is 71.6 Å². The normalized spacial score (nSPS) is 12.9. The number of rotatable bonds is 17. The van der Waals surface area contributed by atoms with E-state index in [0.29, 0.717) is 18.7 Å². The van der Waals surface area contributed by atoms with E-state index in [9.17, 15) is 31.9 Å². The van der Waals surface area contributed by atoms with Crippen molar-refractivity contribution >= 4 is 40.6 Å². The number of nitrogens with one attached hydrogen (secondary N) is 1. The highest BCUT2D eigenvalue weighted by molar-refractivity contribution is 7.99. The summed E-state index contributed by atoms with van der Waals surface area (Å²) in [5, 5.41) is 2.86. The summed E-state index contributed by atoms with van der Waals surface area (Å²) < 4.78 is 62.6. The standard InChI is InChI=1S/C44H39F4N3O4S/c1-55-34-8-5-7-31(23-34)28-50(21-22-56-35-9-3-2-4-10-35)27-30-14-12-29(13-15-30)26-49-40(52)11-6-20-51-43(53)41(36-18-16-32(45)24-38(36)47)42(44(51)54)37-19-17-33(46)25-39(37)48/h2-5,7-10,12-19,23-25H,6,11,20-22,26-28H2,1H3,(H,49,52). The molecule has 5 aromatic rings. The Morgan fingerprint density at radius 3 is 1.93 bits per heavy atom. The monoisotopic (exact) mass is 781 g/mol. The highest BCUT2D eigenvalue weighted by atomic mass is 32.2. The van der Waals surface area contributed by atoms with Gasteiger partial charge in [0.15, 0.2) is 0 Å². The Kier molecular flexibility index (Phi) is 13.4. The van der Waals surface area contributed by atoms with Gasteiger partial charge in [-0.2, -0.15) is 0 Å². The Morgan fingerprint density at radius 1 is 0.714 bits per heavy atom. The van der Waals surface area contributed by atoms with Crippen LogP contribution in [-0.2, 0) is 34.0 Å². The number of thioether (sulfide) groups is 1. The number of amides is 3. The van der Waals surface area contributed by atoms with Crippen molar-refractivity contribution in [3.63, 3.8) is 0 Å². The summed E-state index contributed by atoms with van der Waals surface area (Å²) in [5.74, 6) is -4.54. The first-order chi connectivity index (χ1) is 27.1. The Morgan fingerprint density at radius 2 is 1.32 bits per heavy atom. The van der Waals surface area contributed by atoms with Crippen molar-refractivity contribution < 1.29 is 36.7 Å². The Balaban J connectivity index is 1.03. The highest BCUT2D eigenvalue weighted by Gasteiger charge is 2.41. The van der Waals surface area contributed by atoms with E-state index >= 15 is 0 Å². The van der Waals surface area contributed by atoms with Crippen molar-refractivity contribution in [1.29, 1.82) is 0 Å². The van der Waals surface area contributed by atoms with Gasteiger partial charge in [0.25, 0.3) is 11.8 Å². The van der Waals surface area contributed by atoms with Gasteiger partial charge in [0.1, 0.15) is 29.0 Å². The molecule has 0 saturated carbocycles. The topological polar surface area (TPSA) is 79.0 Å². The summed E-state index contributed by atoms with van der Waals surface area (Å²) in [5.41, 5.74) is 1.39. The number of methoxy groups -OCH3 is 1. The van der Waals surface area contributed by atoms with E-state index in [1.54, 1.807) is 7.11 Å². The van der Waals surface area contributed by atoms with Gasteiger partial charge in [-0.3, -0.25) is 24.2 Å². The molecule has 7 nitrogen and oxygen atoms in total. The number of benzene rings is 5. The molecule has 0 bridgehead atoms. The third-order valence-electron chi connectivity index (χ3n) is 9.23. The van der Waals surface area contributed by atoms with Gasteiger partial charge in [0.2, 0.25) is 5.91 Å². The van der Waals surface area contributed by atoms with Crippen LogP contribution in [0, 0.1) is 23.3 Å². The van der Waals surface area contributed by atoms with E-state index < -0.39 is 57.4 Å². The fraction of sp³-hybridized carbons (Fsp3) is 0.205. The summed E-state index contributed by atoms with van der Waals surface area (Å²) >= 11 is 1.81. The maximum atomic E-state index is 14.9. The lowest BCUT2D eigenvalue weighted by molar-refractivity contribution is -0.136. The van der Waals surface area contributed by atoms with Gasteiger partial charge < -0.3 is 10.1 Å². The third kappa shape index (κ3) is 10.1. The summed E-state index contributed by atoms with van der Waals surface area (Å²) in [6, 6.07) is 31.2. The van der Waals surface area contributed by atoms with Crippen LogP contribution in [0.25, 0.3) is 11.1 Å². The van der Waals surface area contributed by atoms with Gasteiger partial charge in [-0.1, -0.05) is 54.6 Å². The zero-order chi connectivity index (χ0) is 39.6. The van der Waals surface area contributed by atoms with E-state index in [1.807, 2.05) is 72.4 Å². The first-order valence-corrected chi connectivity index (χ1v) is 19.0. The minimum Gasteiger partial charge on any atom is -0.497 e. The van der Waals surface area contributed by atoms with Crippen LogP contribution in [0.4, 0.5) is 17.6 Å². The number of halogens is 4. The van der Waals surface area contributed by atoms with Gasteiger partial charge in [-0.25, -0.2) is 17.6 Å². The molecule has 0 fully saturated rings. The number of ether oxygens (including phenoxy) is 1. The fourth-order valence-electron chi connectivity index (χ4n) is 6.42. The minimum atomic E-state index is -1.13.